The molecule has 0 aliphatic carbocycles. The van der Waals surface area contributed by atoms with Crippen molar-refractivity contribution in [3.8, 4) is 0 Å². The standard InChI is InChI=1S/C17H28BrN/c1-2-3-4-5-6-7-8-16(14-19)13-15-9-11-17(18)12-10-15/h9-12,16H,2-8,13-14,19H2,1H3. The Morgan fingerprint density at radius 1 is 1.00 bits per heavy atom. The van der Waals surface area contributed by atoms with Crippen molar-refractivity contribution in [2.24, 2.45) is 11.7 Å². The number of benzene rings is 1. The van der Waals surface area contributed by atoms with E-state index in [0.29, 0.717) is 5.92 Å². The van der Waals surface area contributed by atoms with Crippen LogP contribution in [0.4, 0.5) is 0 Å². The van der Waals surface area contributed by atoms with Gasteiger partial charge in [-0.1, -0.05) is 73.5 Å². The van der Waals surface area contributed by atoms with Gasteiger partial charge in [-0.3, -0.25) is 0 Å². The molecule has 0 saturated carbocycles. The van der Waals surface area contributed by atoms with Crippen LogP contribution in [-0.4, -0.2) is 6.54 Å². The average Bonchev–Trinajstić information content (AvgIpc) is 2.43. The minimum absolute atomic E-state index is 0.646. The zero-order chi connectivity index (χ0) is 13.9. The van der Waals surface area contributed by atoms with Gasteiger partial charge in [0.2, 0.25) is 0 Å². The fourth-order valence-corrected chi connectivity index (χ4v) is 2.73. The third-order valence-electron chi connectivity index (χ3n) is 3.74. The van der Waals surface area contributed by atoms with E-state index in [-0.39, 0.29) is 0 Å². The first kappa shape index (κ1) is 16.7. The Morgan fingerprint density at radius 2 is 1.63 bits per heavy atom. The van der Waals surface area contributed by atoms with Crippen LogP contribution in [0.15, 0.2) is 28.7 Å². The van der Waals surface area contributed by atoms with Crippen molar-refractivity contribution < 1.29 is 0 Å². The number of halogens is 1. The number of hydrogen-bond donors (Lipinski definition) is 1. The normalized spacial score (nSPS) is 12.6. The van der Waals surface area contributed by atoms with Crippen molar-refractivity contribution in [1.82, 2.24) is 0 Å². The molecular weight excluding hydrogens is 298 g/mol. The lowest BCUT2D eigenvalue weighted by Crippen LogP contribution is -2.16. The van der Waals surface area contributed by atoms with Crippen LogP contribution in [0.25, 0.3) is 0 Å². The minimum Gasteiger partial charge on any atom is -0.330 e. The Bertz CT molecular complexity index is 321. The number of rotatable bonds is 10. The molecule has 0 heterocycles. The summed E-state index contributed by atoms with van der Waals surface area (Å²) in [5.74, 6) is 0.646. The van der Waals surface area contributed by atoms with E-state index >= 15 is 0 Å². The molecule has 19 heavy (non-hydrogen) atoms. The first-order valence-electron chi connectivity index (χ1n) is 7.70. The first-order chi connectivity index (χ1) is 9.26. The fraction of sp³-hybridized carbons (Fsp3) is 0.647. The smallest absolute Gasteiger partial charge is 0.0175 e. The second kappa shape index (κ2) is 10.4. The summed E-state index contributed by atoms with van der Waals surface area (Å²) in [7, 11) is 0. The van der Waals surface area contributed by atoms with Crippen LogP contribution in [0.3, 0.4) is 0 Å². The number of unbranched alkanes of at least 4 members (excludes halogenated alkanes) is 5. The van der Waals surface area contributed by atoms with Gasteiger partial charge in [-0.25, -0.2) is 0 Å². The maximum absolute atomic E-state index is 5.90. The van der Waals surface area contributed by atoms with Gasteiger partial charge in [0.05, 0.1) is 0 Å². The Labute approximate surface area is 127 Å². The molecule has 1 rings (SSSR count). The number of nitrogens with two attached hydrogens (primary N) is 1. The molecule has 0 bridgehead atoms. The SMILES string of the molecule is CCCCCCCCC(CN)Cc1ccc(Br)cc1. The van der Waals surface area contributed by atoms with E-state index in [2.05, 4.69) is 47.1 Å². The zero-order valence-electron chi connectivity index (χ0n) is 12.2. The zero-order valence-corrected chi connectivity index (χ0v) is 13.8. The molecule has 0 amide bonds. The van der Waals surface area contributed by atoms with E-state index in [0.717, 1.165) is 17.4 Å². The molecule has 1 nitrogen and oxygen atoms in total. The highest BCUT2D eigenvalue weighted by atomic mass is 79.9. The monoisotopic (exact) mass is 325 g/mol. The van der Waals surface area contributed by atoms with E-state index in [9.17, 15) is 0 Å². The third kappa shape index (κ3) is 7.74. The lowest BCUT2D eigenvalue weighted by Gasteiger charge is -2.14. The molecule has 108 valence electrons. The minimum atomic E-state index is 0.646. The van der Waals surface area contributed by atoms with E-state index in [1.807, 2.05) is 0 Å². The predicted molar refractivity (Wildman–Crippen MR) is 88.4 cm³/mol. The van der Waals surface area contributed by atoms with Gasteiger partial charge in [-0.15, -0.1) is 0 Å². The van der Waals surface area contributed by atoms with E-state index in [4.69, 9.17) is 5.73 Å². The van der Waals surface area contributed by atoms with Gasteiger partial charge in [0, 0.05) is 4.47 Å². The largest absolute Gasteiger partial charge is 0.330 e. The molecule has 1 unspecified atom stereocenters. The van der Waals surface area contributed by atoms with Crippen LogP contribution in [0, 0.1) is 5.92 Å². The molecular formula is C17H28BrN. The molecule has 0 aromatic heterocycles. The summed E-state index contributed by atoms with van der Waals surface area (Å²) in [5, 5.41) is 0. The summed E-state index contributed by atoms with van der Waals surface area (Å²) in [4.78, 5) is 0. The third-order valence-corrected chi connectivity index (χ3v) is 4.27. The van der Waals surface area contributed by atoms with E-state index in [1.165, 1.54) is 50.5 Å². The molecule has 0 aliphatic rings. The summed E-state index contributed by atoms with van der Waals surface area (Å²) < 4.78 is 1.15. The van der Waals surface area contributed by atoms with Gasteiger partial charge in [0.15, 0.2) is 0 Å². The summed E-state index contributed by atoms with van der Waals surface area (Å²) >= 11 is 3.48. The molecule has 0 saturated heterocycles. The average molecular weight is 326 g/mol. The quantitative estimate of drug-likeness (QED) is 0.579. The predicted octanol–water partition coefficient (Wildman–Crippen LogP) is 5.32. The summed E-state index contributed by atoms with van der Waals surface area (Å²) in [6.07, 6.45) is 10.6. The molecule has 1 atom stereocenters. The van der Waals surface area contributed by atoms with Crippen molar-refractivity contribution in [2.75, 3.05) is 6.54 Å². The van der Waals surface area contributed by atoms with Gasteiger partial charge >= 0.3 is 0 Å². The van der Waals surface area contributed by atoms with Crippen LogP contribution in [-0.2, 0) is 6.42 Å². The second-order valence-electron chi connectivity index (χ2n) is 5.49. The van der Waals surface area contributed by atoms with Crippen molar-refractivity contribution in [1.29, 1.82) is 0 Å². The fourth-order valence-electron chi connectivity index (χ4n) is 2.47. The van der Waals surface area contributed by atoms with Crippen LogP contribution < -0.4 is 5.73 Å². The van der Waals surface area contributed by atoms with Crippen molar-refractivity contribution in [2.45, 2.75) is 58.3 Å². The molecule has 2 N–H and O–H groups in total. The second-order valence-corrected chi connectivity index (χ2v) is 6.40. The van der Waals surface area contributed by atoms with Crippen LogP contribution in [0.1, 0.15) is 57.4 Å². The molecule has 2 heteroatoms. The lowest BCUT2D eigenvalue weighted by molar-refractivity contribution is 0.456. The summed E-state index contributed by atoms with van der Waals surface area (Å²) in [6.45, 7) is 3.08. The number of hydrogen-bond acceptors (Lipinski definition) is 1. The molecule has 0 aliphatic heterocycles. The lowest BCUT2D eigenvalue weighted by atomic mass is 9.93. The summed E-state index contributed by atoms with van der Waals surface area (Å²) in [6, 6.07) is 8.64. The van der Waals surface area contributed by atoms with E-state index < -0.39 is 0 Å². The maximum Gasteiger partial charge on any atom is 0.0175 e. The van der Waals surface area contributed by atoms with Crippen LogP contribution in [0.5, 0.6) is 0 Å². The van der Waals surface area contributed by atoms with Crippen molar-refractivity contribution >= 4 is 15.9 Å². The first-order valence-corrected chi connectivity index (χ1v) is 8.50. The summed E-state index contributed by atoms with van der Waals surface area (Å²) in [5.41, 5.74) is 7.31. The van der Waals surface area contributed by atoms with Gasteiger partial charge in [0.25, 0.3) is 0 Å². The molecule has 0 spiro atoms. The topological polar surface area (TPSA) is 26.0 Å². The molecule has 0 radical (unpaired) electrons. The van der Waals surface area contributed by atoms with E-state index in [1.54, 1.807) is 0 Å². The maximum atomic E-state index is 5.90. The highest BCUT2D eigenvalue weighted by Crippen LogP contribution is 2.18. The highest BCUT2D eigenvalue weighted by Gasteiger charge is 2.07. The highest BCUT2D eigenvalue weighted by molar-refractivity contribution is 9.10. The van der Waals surface area contributed by atoms with Crippen LogP contribution >= 0.6 is 15.9 Å². The Kier molecular flexibility index (Phi) is 9.19. The molecule has 1 aromatic carbocycles. The Hall–Kier alpha value is -0.340. The van der Waals surface area contributed by atoms with Crippen molar-refractivity contribution in [3.63, 3.8) is 0 Å². The van der Waals surface area contributed by atoms with Gasteiger partial charge in [0.1, 0.15) is 0 Å². The van der Waals surface area contributed by atoms with Gasteiger partial charge in [-0.2, -0.15) is 0 Å². The van der Waals surface area contributed by atoms with Crippen LogP contribution in [0.2, 0.25) is 0 Å². The molecule has 0 fully saturated rings. The Balaban J connectivity index is 2.20. The van der Waals surface area contributed by atoms with Crippen molar-refractivity contribution in [3.05, 3.63) is 34.3 Å². The van der Waals surface area contributed by atoms with Gasteiger partial charge < -0.3 is 5.73 Å². The Morgan fingerprint density at radius 3 is 2.26 bits per heavy atom. The molecule has 1 aromatic rings. The van der Waals surface area contributed by atoms with Gasteiger partial charge in [-0.05, 0) is 43.0 Å².